The molecule has 1 heterocycles. The molecule has 0 saturated carbocycles. The first kappa shape index (κ1) is 14.7. The summed E-state index contributed by atoms with van der Waals surface area (Å²) >= 11 is 0. The fourth-order valence-corrected chi connectivity index (χ4v) is 2.32. The molecule has 20 heavy (non-hydrogen) atoms. The maximum atomic E-state index is 12.9. The van der Waals surface area contributed by atoms with Gasteiger partial charge in [-0.25, -0.2) is 4.39 Å². The first-order valence-electron chi connectivity index (χ1n) is 6.63. The van der Waals surface area contributed by atoms with Gasteiger partial charge in [-0.3, -0.25) is 9.69 Å². The molecule has 1 aromatic carbocycles. The Morgan fingerprint density at radius 1 is 1.45 bits per heavy atom. The van der Waals surface area contributed by atoms with Gasteiger partial charge in [0.1, 0.15) is 11.6 Å². The number of phenols is 1. The molecule has 1 aliphatic heterocycles. The molecule has 1 unspecified atom stereocenters. The minimum atomic E-state index is -0.562. The normalized spacial score (nSPS) is 20.9. The minimum absolute atomic E-state index is 0.0956. The Labute approximate surface area is 118 Å². The molecule has 1 saturated heterocycles. The van der Waals surface area contributed by atoms with E-state index in [1.165, 1.54) is 6.07 Å². The van der Waals surface area contributed by atoms with E-state index < -0.39 is 5.82 Å². The van der Waals surface area contributed by atoms with E-state index in [-0.39, 0.29) is 23.3 Å². The van der Waals surface area contributed by atoms with Gasteiger partial charge in [-0.2, -0.15) is 0 Å². The summed E-state index contributed by atoms with van der Waals surface area (Å²) in [5, 5.41) is 12.4. The fourth-order valence-electron chi connectivity index (χ4n) is 2.32. The number of hydrogen-bond acceptors (Lipinski definition) is 4. The zero-order chi connectivity index (χ0) is 14.7. The molecular formula is C14H20FN3O2. The van der Waals surface area contributed by atoms with Crippen LogP contribution in [0.15, 0.2) is 18.2 Å². The molecule has 2 N–H and O–H groups in total. The van der Waals surface area contributed by atoms with Crippen LogP contribution in [0.1, 0.15) is 10.4 Å². The number of amides is 1. The van der Waals surface area contributed by atoms with E-state index in [1.807, 2.05) is 14.1 Å². The summed E-state index contributed by atoms with van der Waals surface area (Å²) < 4.78 is 12.9. The van der Waals surface area contributed by atoms with Crippen LogP contribution in [-0.4, -0.2) is 67.1 Å². The highest BCUT2D eigenvalue weighted by atomic mass is 19.1. The molecule has 1 amide bonds. The Morgan fingerprint density at radius 3 is 2.90 bits per heavy atom. The van der Waals surface area contributed by atoms with Crippen molar-refractivity contribution in [2.75, 3.05) is 40.3 Å². The second-order valence-electron chi connectivity index (χ2n) is 5.27. The SMILES string of the molecule is CN1CCN(C)C(CNC(=O)c2ccc(F)cc2O)C1. The lowest BCUT2D eigenvalue weighted by atomic mass is 10.1. The Bertz CT molecular complexity index is 495. The zero-order valence-electron chi connectivity index (χ0n) is 11.8. The number of likely N-dealkylation sites (N-methyl/N-ethyl adjacent to an activating group) is 2. The van der Waals surface area contributed by atoms with E-state index in [2.05, 4.69) is 15.1 Å². The second-order valence-corrected chi connectivity index (χ2v) is 5.27. The molecule has 6 heteroatoms. The number of hydrogen-bond donors (Lipinski definition) is 2. The van der Waals surface area contributed by atoms with E-state index >= 15 is 0 Å². The van der Waals surface area contributed by atoms with Crippen molar-refractivity contribution in [2.45, 2.75) is 6.04 Å². The molecule has 1 aromatic rings. The van der Waals surface area contributed by atoms with Crippen LogP contribution in [0.5, 0.6) is 5.75 Å². The van der Waals surface area contributed by atoms with Crippen LogP contribution < -0.4 is 5.32 Å². The van der Waals surface area contributed by atoms with Crippen molar-refractivity contribution in [3.8, 4) is 5.75 Å². The number of nitrogens with zero attached hydrogens (tertiary/aromatic N) is 2. The van der Waals surface area contributed by atoms with Crippen LogP contribution in [0.4, 0.5) is 4.39 Å². The van der Waals surface area contributed by atoms with Crippen molar-refractivity contribution < 1.29 is 14.3 Å². The Morgan fingerprint density at radius 2 is 2.20 bits per heavy atom. The number of carbonyl (C=O) groups excluding carboxylic acids is 1. The Kier molecular flexibility index (Phi) is 4.57. The quantitative estimate of drug-likeness (QED) is 0.847. The average Bonchev–Trinajstić information content (AvgIpc) is 2.39. The molecule has 2 rings (SSSR count). The Balaban J connectivity index is 1.94. The van der Waals surface area contributed by atoms with Crippen molar-refractivity contribution in [3.05, 3.63) is 29.6 Å². The first-order chi connectivity index (χ1) is 9.47. The predicted molar refractivity (Wildman–Crippen MR) is 74.3 cm³/mol. The third-order valence-corrected chi connectivity index (χ3v) is 3.68. The highest BCUT2D eigenvalue weighted by Crippen LogP contribution is 2.17. The summed E-state index contributed by atoms with van der Waals surface area (Å²) in [6, 6.07) is 3.63. The number of carbonyl (C=O) groups is 1. The first-order valence-corrected chi connectivity index (χ1v) is 6.63. The monoisotopic (exact) mass is 281 g/mol. The van der Waals surface area contributed by atoms with Crippen LogP contribution in [-0.2, 0) is 0 Å². The second kappa shape index (κ2) is 6.19. The predicted octanol–water partition coefficient (Wildman–Crippen LogP) is 0.507. The number of aromatic hydroxyl groups is 1. The lowest BCUT2D eigenvalue weighted by Crippen LogP contribution is -2.54. The van der Waals surface area contributed by atoms with Gasteiger partial charge in [-0.1, -0.05) is 0 Å². The van der Waals surface area contributed by atoms with Gasteiger partial charge in [0.05, 0.1) is 5.56 Å². The zero-order valence-corrected chi connectivity index (χ0v) is 11.8. The summed E-state index contributed by atoms with van der Waals surface area (Å²) in [4.78, 5) is 16.4. The molecular weight excluding hydrogens is 261 g/mol. The van der Waals surface area contributed by atoms with Crippen molar-refractivity contribution in [2.24, 2.45) is 0 Å². The standard InChI is InChI=1S/C14H20FN3O2/c1-17-5-6-18(2)11(9-17)8-16-14(20)12-4-3-10(15)7-13(12)19/h3-4,7,11,19H,5-6,8-9H2,1-2H3,(H,16,20). The van der Waals surface area contributed by atoms with E-state index in [9.17, 15) is 14.3 Å². The van der Waals surface area contributed by atoms with Crippen LogP contribution in [0.3, 0.4) is 0 Å². The van der Waals surface area contributed by atoms with Crippen molar-refractivity contribution in [3.63, 3.8) is 0 Å². The minimum Gasteiger partial charge on any atom is -0.507 e. The van der Waals surface area contributed by atoms with Gasteiger partial charge in [0.2, 0.25) is 0 Å². The summed E-state index contributed by atoms with van der Waals surface area (Å²) in [7, 11) is 4.08. The van der Waals surface area contributed by atoms with Crippen LogP contribution in [0.2, 0.25) is 0 Å². The third kappa shape index (κ3) is 3.46. The highest BCUT2D eigenvalue weighted by Gasteiger charge is 2.23. The average molecular weight is 281 g/mol. The molecule has 1 aliphatic rings. The van der Waals surface area contributed by atoms with Crippen LogP contribution in [0.25, 0.3) is 0 Å². The topological polar surface area (TPSA) is 55.8 Å². The molecule has 0 aromatic heterocycles. The van der Waals surface area contributed by atoms with Gasteiger partial charge in [0.15, 0.2) is 0 Å². The molecule has 110 valence electrons. The third-order valence-electron chi connectivity index (χ3n) is 3.68. The van der Waals surface area contributed by atoms with Gasteiger partial charge in [0.25, 0.3) is 5.91 Å². The maximum Gasteiger partial charge on any atom is 0.255 e. The number of halogens is 1. The summed E-state index contributed by atoms with van der Waals surface area (Å²) in [6.45, 7) is 3.35. The van der Waals surface area contributed by atoms with E-state index in [4.69, 9.17) is 0 Å². The van der Waals surface area contributed by atoms with Gasteiger partial charge >= 0.3 is 0 Å². The molecule has 0 spiro atoms. The smallest absolute Gasteiger partial charge is 0.255 e. The number of nitrogens with one attached hydrogen (secondary N) is 1. The molecule has 5 nitrogen and oxygen atoms in total. The van der Waals surface area contributed by atoms with Gasteiger partial charge in [0, 0.05) is 38.3 Å². The maximum absolute atomic E-state index is 12.9. The lowest BCUT2D eigenvalue weighted by Gasteiger charge is -2.37. The molecule has 0 bridgehead atoms. The lowest BCUT2D eigenvalue weighted by molar-refractivity contribution is 0.0879. The van der Waals surface area contributed by atoms with Crippen LogP contribution >= 0.6 is 0 Å². The van der Waals surface area contributed by atoms with Gasteiger partial charge < -0.3 is 15.3 Å². The van der Waals surface area contributed by atoms with Crippen molar-refractivity contribution >= 4 is 5.91 Å². The number of rotatable bonds is 3. The van der Waals surface area contributed by atoms with Crippen LogP contribution in [0, 0.1) is 5.82 Å². The van der Waals surface area contributed by atoms with E-state index in [0.717, 1.165) is 31.8 Å². The largest absolute Gasteiger partial charge is 0.507 e. The highest BCUT2D eigenvalue weighted by molar-refractivity contribution is 5.96. The van der Waals surface area contributed by atoms with Crippen molar-refractivity contribution in [1.82, 2.24) is 15.1 Å². The number of piperazine rings is 1. The molecule has 0 radical (unpaired) electrons. The van der Waals surface area contributed by atoms with Gasteiger partial charge in [-0.15, -0.1) is 0 Å². The molecule has 0 aliphatic carbocycles. The van der Waals surface area contributed by atoms with Crippen molar-refractivity contribution in [1.29, 1.82) is 0 Å². The van der Waals surface area contributed by atoms with E-state index in [1.54, 1.807) is 0 Å². The fraction of sp³-hybridized carbons (Fsp3) is 0.500. The summed E-state index contributed by atoms with van der Waals surface area (Å²) in [5.41, 5.74) is 0.0956. The number of phenolic OH excluding ortho intramolecular Hbond substituents is 1. The Hall–Kier alpha value is -1.66. The molecule has 1 fully saturated rings. The summed E-state index contributed by atoms with van der Waals surface area (Å²) in [6.07, 6.45) is 0. The summed E-state index contributed by atoms with van der Waals surface area (Å²) in [5.74, 6) is -1.28. The van der Waals surface area contributed by atoms with Gasteiger partial charge in [-0.05, 0) is 26.2 Å². The molecule has 1 atom stereocenters. The number of benzene rings is 1. The van der Waals surface area contributed by atoms with E-state index in [0.29, 0.717) is 6.54 Å².